The van der Waals surface area contributed by atoms with Crippen molar-refractivity contribution in [1.29, 1.82) is 5.26 Å². The number of benzene rings is 1. The molecule has 0 saturated carbocycles. The Bertz CT molecular complexity index is 488. The second kappa shape index (κ2) is 6.93. The third kappa shape index (κ3) is 3.75. The summed E-state index contributed by atoms with van der Waals surface area (Å²) in [5.41, 5.74) is 0.676. The molecule has 0 spiro atoms. The Hall–Kier alpha value is -1.57. The summed E-state index contributed by atoms with van der Waals surface area (Å²) in [6.45, 7) is 6.68. The SMILES string of the molecule is N#Cc1ccc(OCCN2CCC(N3CCCC3)C2)cc1. The van der Waals surface area contributed by atoms with Crippen molar-refractivity contribution in [1.82, 2.24) is 9.80 Å². The lowest BCUT2D eigenvalue weighted by molar-refractivity contribution is 0.207. The molecule has 1 atom stereocenters. The van der Waals surface area contributed by atoms with Crippen LogP contribution >= 0.6 is 0 Å². The maximum absolute atomic E-state index is 8.76. The molecule has 2 aliphatic rings. The van der Waals surface area contributed by atoms with Crippen LogP contribution in [-0.4, -0.2) is 55.2 Å². The maximum Gasteiger partial charge on any atom is 0.119 e. The van der Waals surface area contributed by atoms with Crippen LogP contribution in [-0.2, 0) is 0 Å². The van der Waals surface area contributed by atoms with Gasteiger partial charge < -0.3 is 4.74 Å². The third-order valence-corrected chi connectivity index (χ3v) is 4.56. The van der Waals surface area contributed by atoms with Crippen molar-refractivity contribution in [2.75, 3.05) is 39.3 Å². The van der Waals surface area contributed by atoms with E-state index in [1.165, 1.54) is 45.4 Å². The molecule has 1 unspecified atom stereocenters. The first-order valence-electron chi connectivity index (χ1n) is 7.94. The minimum absolute atomic E-state index is 0.676. The Morgan fingerprint density at radius 2 is 1.90 bits per heavy atom. The lowest BCUT2D eigenvalue weighted by Gasteiger charge is -2.23. The molecule has 4 heteroatoms. The summed E-state index contributed by atoms with van der Waals surface area (Å²) in [5, 5.41) is 8.76. The molecule has 0 amide bonds. The van der Waals surface area contributed by atoms with Crippen LogP contribution in [0.4, 0.5) is 0 Å². The van der Waals surface area contributed by atoms with Crippen molar-refractivity contribution in [3.63, 3.8) is 0 Å². The van der Waals surface area contributed by atoms with E-state index in [-0.39, 0.29) is 0 Å². The highest BCUT2D eigenvalue weighted by molar-refractivity contribution is 5.34. The lowest BCUT2D eigenvalue weighted by Crippen LogP contribution is -2.36. The van der Waals surface area contributed by atoms with Crippen LogP contribution in [0.1, 0.15) is 24.8 Å². The van der Waals surface area contributed by atoms with Crippen molar-refractivity contribution >= 4 is 0 Å². The van der Waals surface area contributed by atoms with Crippen molar-refractivity contribution in [2.24, 2.45) is 0 Å². The molecule has 0 N–H and O–H groups in total. The number of hydrogen-bond acceptors (Lipinski definition) is 4. The van der Waals surface area contributed by atoms with Crippen LogP contribution in [0.25, 0.3) is 0 Å². The second-order valence-electron chi connectivity index (χ2n) is 5.97. The fourth-order valence-electron chi connectivity index (χ4n) is 3.34. The molecular weight excluding hydrogens is 262 g/mol. The lowest BCUT2D eigenvalue weighted by atomic mass is 10.2. The molecule has 0 bridgehead atoms. The van der Waals surface area contributed by atoms with Gasteiger partial charge in [0, 0.05) is 19.1 Å². The number of nitriles is 1. The third-order valence-electron chi connectivity index (χ3n) is 4.56. The summed E-state index contributed by atoms with van der Waals surface area (Å²) >= 11 is 0. The summed E-state index contributed by atoms with van der Waals surface area (Å²) in [5.74, 6) is 0.851. The largest absolute Gasteiger partial charge is 0.492 e. The van der Waals surface area contributed by atoms with Gasteiger partial charge in [-0.15, -0.1) is 0 Å². The molecule has 112 valence electrons. The summed E-state index contributed by atoms with van der Waals surface area (Å²) in [6.07, 6.45) is 4.05. The van der Waals surface area contributed by atoms with E-state index in [2.05, 4.69) is 15.9 Å². The number of nitrogens with zero attached hydrogens (tertiary/aromatic N) is 3. The molecule has 2 saturated heterocycles. The average Bonchev–Trinajstić information content (AvgIpc) is 3.19. The van der Waals surface area contributed by atoms with Gasteiger partial charge in [0.25, 0.3) is 0 Å². The van der Waals surface area contributed by atoms with Gasteiger partial charge >= 0.3 is 0 Å². The molecule has 1 aromatic carbocycles. The van der Waals surface area contributed by atoms with Gasteiger partial charge in [-0.2, -0.15) is 5.26 Å². The van der Waals surface area contributed by atoms with Crippen LogP contribution in [0.3, 0.4) is 0 Å². The van der Waals surface area contributed by atoms with Gasteiger partial charge in [0.2, 0.25) is 0 Å². The van der Waals surface area contributed by atoms with Crippen LogP contribution < -0.4 is 4.74 Å². The predicted molar refractivity (Wildman–Crippen MR) is 82.3 cm³/mol. The van der Waals surface area contributed by atoms with E-state index in [4.69, 9.17) is 10.00 Å². The fraction of sp³-hybridized carbons (Fsp3) is 0.588. The predicted octanol–water partition coefficient (Wildman–Crippen LogP) is 2.11. The molecule has 2 heterocycles. The standard InChI is InChI=1S/C17H23N3O/c18-13-15-3-5-17(6-4-15)21-12-11-19-10-7-16(14-19)20-8-1-2-9-20/h3-6,16H,1-2,7-12,14H2. The first-order valence-corrected chi connectivity index (χ1v) is 7.94. The van der Waals surface area contributed by atoms with Gasteiger partial charge in [-0.1, -0.05) is 0 Å². The molecule has 4 nitrogen and oxygen atoms in total. The van der Waals surface area contributed by atoms with Crippen molar-refractivity contribution < 1.29 is 4.74 Å². The van der Waals surface area contributed by atoms with Gasteiger partial charge in [0.1, 0.15) is 12.4 Å². The Morgan fingerprint density at radius 3 is 2.62 bits per heavy atom. The Morgan fingerprint density at radius 1 is 1.14 bits per heavy atom. The normalized spacial score (nSPS) is 23.3. The molecule has 2 fully saturated rings. The van der Waals surface area contributed by atoms with Crippen LogP contribution in [0.15, 0.2) is 24.3 Å². The van der Waals surface area contributed by atoms with Crippen LogP contribution in [0.2, 0.25) is 0 Å². The van der Waals surface area contributed by atoms with Crippen LogP contribution in [0, 0.1) is 11.3 Å². The van der Waals surface area contributed by atoms with E-state index in [1.54, 1.807) is 12.1 Å². The van der Waals surface area contributed by atoms with E-state index in [0.29, 0.717) is 5.56 Å². The molecule has 1 aromatic rings. The van der Waals surface area contributed by atoms with Crippen molar-refractivity contribution in [2.45, 2.75) is 25.3 Å². The van der Waals surface area contributed by atoms with Gasteiger partial charge in [-0.05, 0) is 63.2 Å². The first-order chi connectivity index (χ1) is 10.3. The fourth-order valence-corrected chi connectivity index (χ4v) is 3.34. The molecule has 0 radical (unpaired) electrons. The molecule has 2 aliphatic heterocycles. The Balaban J connectivity index is 1.38. The zero-order chi connectivity index (χ0) is 14.5. The van der Waals surface area contributed by atoms with E-state index in [1.807, 2.05) is 12.1 Å². The Labute approximate surface area is 126 Å². The van der Waals surface area contributed by atoms with Crippen molar-refractivity contribution in [3.8, 4) is 11.8 Å². The van der Waals surface area contributed by atoms with E-state index < -0.39 is 0 Å². The summed E-state index contributed by atoms with van der Waals surface area (Å²) in [4.78, 5) is 5.16. The monoisotopic (exact) mass is 285 g/mol. The quantitative estimate of drug-likeness (QED) is 0.830. The highest BCUT2D eigenvalue weighted by Gasteiger charge is 2.28. The van der Waals surface area contributed by atoms with E-state index in [0.717, 1.165) is 24.9 Å². The molecule has 3 rings (SSSR count). The number of rotatable bonds is 5. The molecular formula is C17H23N3O. The van der Waals surface area contributed by atoms with Gasteiger partial charge in [-0.3, -0.25) is 9.80 Å². The number of ether oxygens (including phenoxy) is 1. The Kier molecular flexibility index (Phi) is 4.74. The zero-order valence-electron chi connectivity index (χ0n) is 12.5. The van der Waals surface area contributed by atoms with Crippen molar-refractivity contribution in [3.05, 3.63) is 29.8 Å². The summed E-state index contributed by atoms with van der Waals surface area (Å²) in [7, 11) is 0. The topological polar surface area (TPSA) is 39.5 Å². The summed E-state index contributed by atoms with van der Waals surface area (Å²) < 4.78 is 5.76. The minimum Gasteiger partial charge on any atom is -0.492 e. The number of hydrogen-bond donors (Lipinski definition) is 0. The van der Waals surface area contributed by atoms with E-state index in [9.17, 15) is 0 Å². The first kappa shape index (κ1) is 14.4. The minimum atomic E-state index is 0.676. The van der Waals surface area contributed by atoms with Gasteiger partial charge in [0.05, 0.1) is 11.6 Å². The summed E-state index contributed by atoms with van der Waals surface area (Å²) in [6, 6.07) is 10.2. The highest BCUT2D eigenvalue weighted by Crippen LogP contribution is 2.20. The maximum atomic E-state index is 8.76. The van der Waals surface area contributed by atoms with E-state index >= 15 is 0 Å². The molecule has 21 heavy (non-hydrogen) atoms. The molecule has 0 aromatic heterocycles. The zero-order valence-corrected chi connectivity index (χ0v) is 12.5. The smallest absolute Gasteiger partial charge is 0.119 e. The van der Waals surface area contributed by atoms with Gasteiger partial charge in [0.15, 0.2) is 0 Å². The number of likely N-dealkylation sites (tertiary alicyclic amines) is 2. The van der Waals surface area contributed by atoms with Crippen LogP contribution in [0.5, 0.6) is 5.75 Å². The highest BCUT2D eigenvalue weighted by atomic mass is 16.5. The second-order valence-corrected chi connectivity index (χ2v) is 5.97. The van der Waals surface area contributed by atoms with Gasteiger partial charge in [-0.25, -0.2) is 0 Å². The molecule has 0 aliphatic carbocycles. The average molecular weight is 285 g/mol.